The summed E-state index contributed by atoms with van der Waals surface area (Å²) >= 11 is 0. The maximum Gasteiger partial charge on any atom is 0.148 e. The summed E-state index contributed by atoms with van der Waals surface area (Å²) in [7, 11) is 3.25. The van der Waals surface area contributed by atoms with Crippen LogP contribution in [-0.2, 0) is 0 Å². The Balaban J connectivity index is 2.14. The van der Waals surface area contributed by atoms with Crippen LogP contribution in [-0.4, -0.2) is 10.3 Å². The third kappa shape index (κ3) is 2.12. The van der Waals surface area contributed by atoms with Crippen molar-refractivity contribution in [3.63, 3.8) is 0 Å². The molecule has 2 heterocycles. The quantitative estimate of drug-likeness (QED) is 0.780. The molecule has 16 heavy (non-hydrogen) atoms. The maximum atomic E-state index is 5.10. The van der Waals surface area contributed by atoms with Gasteiger partial charge in [-0.1, -0.05) is 10.3 Å². The van der Waals surface area contributed by atoms with E-state index in [4.69, 9.17) is 9.05 Å². The minimum atomic E-state index is 0.849. The Bertz CT molecular complexity index is 420. The van der Waals surface area contributed by atoms with Gasteiger partial charge in [0.2, 0.25) is 0 Å². The fourth-order valence-corrected chi connectivity index (χ4v) is 3.99. The van der Waals surface area contributed by atoms with Crippen LogP contribution in [0.15, 0.2) is 18.8 Å². The van der Waals surface area contributed by atoms with E-state index in [9.17, 15) is 0 Å². The zero-order valence-corrected chi connectivity index (χ0v) is 11.2. The molecular formula is C10H12N2O2S2. The topological polar surface area (TPSA) is 52.1 Å². The van der Waals surface area contributed by atoms with Crippen molar-refractivity contribution in [2.75, 3.05) is 0 Å². The van der Waals surface area contributed by atoms with Crippen LogP contribution in [0.5, 0.6) is 0 Å². The Morgan fingerprint density at radius 3 is 1.38 bits per heavy atom. The number of hydrogen-bond donors (Lipinski definition) is 0. The highest BCUT2D eigenvalue weighted by molar-refractivity contribution is 8.76. The highest BCUT2D eigenvalue weighted by Crippen LogP contribution is 2.42. The van der Waals surface area contributed by atoms with Gasteiger partial charge >= 0.3 is 0 Å². The van der Waals surface area contributed by atoms with E-state index < -0.39 is 0 Å². The predicted molar refractivity (Wildman–Crippen MR) is 63.7 cm³/mol. The molecule has 4 nitrogen and oxygen atoms in total. The summed E-state index contributed by atoms with van der Waals surface area (Å²) in [4.78, 5) is 2.15. The number of aryl methyl sites for hydroxylation is 4. The van der Waals surface area contributed by atoms with Gasteiger partial charge < -0.3 is 9.05 Å². The second kappa shape index (κ2) is 4.55. The molecule has 0 N–H and O–H groups in total. The van der Waals surface area contributed by atoms with Crippen molar-refractivity contribution in [1.82, 2.24) is 10.3 Å². The Kier molecular flexibility index (Phi) is 3.30. The Labute approximate surface area is 102 Å². The van der Waals surface area contributed by atoms with E-state index in [0.29, 0.717) is 0 Å². The summed E-state index contributed by atoms with van der Waals surface area (Å²) in [5, 5.41) is 7.83. The largest absolute Gasteiger partial charge is 0.360 e. The van der Waals surface area contributed by atoms with E-state index in [0.717, 1.165) is 32.7 Å². The molecule has 0 bridgehead atoms. The molecule has 0 atom stereocenters. The third-order valence-electron chi connectivity index (χ3n) is 2.14. The van der Waals surface area contributed by atoms with Crippen LogP contribution < -0.4 is 0 Å². The van der Waals surface area contributed by atoms with Crippen LogP contribution in [0.25, 0.3) is 0 Å². The average molecular weight is 256 g/mol. The van der Waals surface area contributed by atoms with Crippen molar-refractivity contribution in [1.29, 1.82) is 0 Å². The molecule has 0 spiro atoms. The molecule has 0 aromatic carbocycles. The Morgan fingerprint density at radius 1 is 0.750 bits per heavy atom. The van der Waals surface area contributed by atoms with Crippen LogP contribution in [0.2, 0.25) is 0 Å². The molecule has 0 fully saturated rings. The van der Waals surface area contributed by atoms with E-state index in [1.165, 1.54) is 0 Å². The van der Waals surface area contributed by atoms with E-state index in [1.54, 1.807) is 21.6 Å². The zero-order valence-electron chi connectivity index (χ0n) is 9.53. The van der Waals surface area contributed by atoms with Gasteiger partial charge in [-0.3, -0.25) is 0 Å². The summed E-state index contributed by atoms with van der Waals surface area (Å²) in [5.41, 5.74) is 1.84. The molecule has 6 heteroatoms. The molecule has 0 radical (unpaired) electrons. The van der Waals surface area contributed by atoms with Gasteiger partial charge in [0.25, 0.3) is 0 Å². The van der Waals surface area contributed by atoms with Gasteiger partial charge in [-0.05, 0) is 49.3 Å². The van der Waals surface area contributed by atoms with Crippen LogP contribution in [0.4, 0.5) is 0 Å². The number of hydrogen-bond acceptors (Lipinski definition) is 6. The molecule has 2 aromatic rings. The minimum Gasteiger partial charge on any atom is -0.360 e. The van der Waals surface area contributed by atoms with Crippen molar-refractivity contribution < 1.29 is 9.05 Å². The lowest BCUT2D eigenvalue weighted by molar-refractivity contribution is 0.391. The molecule has 0 unspecified atom stereocenters. The number of rotatable bonds is 3. The van der Waals surface area contributed by atoms with E-state index in [-0.39, 0.29) is 0 Å². The normalized spacial score (nSPS) is 11.0. The third-order valence-corrected chi connectivity index (χ3v) is 4.98. The van der Waals surface area contributed by atoms with Crippen LogP contribution in [0, 0.1) is 27.7 Å². The lowest BCUT2D eigenvalue weighted by Crippen LogP contribution is -1.76. The molecule has 86 valence electrons. The molecule has 2 aromatic heterocycles. The monoisotopic (exact) mass is 256 g/mol. The van der Waals surface area contributed by atoms with Crippen LogP contribution in [0.1, 0.15) is 22.9 Å². The summed E-state index contributed by atoms with van der Waals surface area (Å²) in [5.74, 6) is 1.70. The first-order chi connectivity index (χ1) is 7.59. The summed E-state index contributed by atoms with van der Waals surface area (Å²) < 4.78 is 10.2. The summed E-state index contributed by atoms with van der Waals surface area (Å²) in [6.45, 7) is 7.70. The van der Waals surface area contributed by atoms with Gasteiger partial charge in [0, 0.05) is 0 Å². The van der Waals surface area contributed by atoms with Crippen LogP contribution >= 0.6 is 21.6 Å². The van der Waals surface area contributed by atoms with Crippen molar-refractivity contribution in [3.05, 3.63) is 22.9 Å². The lowest BCUT2D eigenvalue weighted by Gasteiger charge is -1.98. The Morgan fingerprint density at radius 2 is 1.12 bits per heavy atom. The van der Waals surface area contributed by atoms with E-state index in [2.05, 4.69) is 10.3 Å². The molecule has 0 saturated carbocycles. The van der Waals surface area contributed by atoms with Crippen molar-refractivity contribution >= 4 is 21.6 Å². The first-order valence-electron chi connectivity index (χ1n) is 4.80. The van der Waals surface area contributed by atoms with Gasteiger partial charge in [-0.25, -0.2) is 0 Å². The van der Waals surface area contributed by atoms with Gasteiger partial charge in [0.1, 0.15) is 11.5 Å². The fraction of sp³-hybridized carbons (Fsp3) is 0.400. The van der Waals surface area contributed by atoms with Gasteiger partial charge in [-0.15, -0.1) is 0 Å². The SMILES string of the molecule is Cc1noc(C)c1SSc1c(C)noc1C. The van der Waals surface area contributed by atoms with E-state index in [1.807, 2.05) is 27.7 Å². The van der Waals surface area contributed by atoms with Crippen molar-refractivity contribution in [3.8, 4) is 0 Å². The summed E-state index contributed by atoms with van der Waals surface area (Å²) in [6, 6.07) is 0. The molecule has 0 aliphatic rings. The van der Waals surface area contributed by atoms with Gasteiger partial charge in [-0.2, -0.15) is 0 Å². The van der Waals surface area contributed by atoms with Gasteiger partial charge in [0.15, 0.2) is 0 Å². The molecule has 0 aliphatic heterocycles. The lowest BCUT2D eigenvalue weighted by atomic mass is 10.4. The predicted octanol–water partition coefficient (Wildman–Crippen LogP) is 3.70. The molecule has 0 saturated heterocycles. The smallest absolute Gasteiger partial charge is 0.148 e. The molecular weight excluding hydrogens is 244 g/mol. The average Bonchev–Trinajstić information content (AvgIpc) is 2.72. The first kappa shape index (κ1) is 11.6. The second-order valence-corrected chi connectivity index (χ2v) is 5.62. The van der Waals surface area contributed by atoms with Crippen molar-refractivity contribution in [2.24, 2.45) is 0 Å². The molecule has 0 aliphatic carbocycles. The standard InChI is InChI=1S/C10H12N2O2S2/c1-5-9(7(3)13-11-5)15-16-10-6(2)12-14-8(10)4/h1-4H3. The summed E-state index contributed by atoms with van der Waals surface area (Å²) in [6.07, 6.45) is 0. The van der Waals surface area contributed by atoms with Crippen LogP contribution in [0.3, 0.4) is 0 Å². The number of nitrogens with zero attached hydrogens (tertiary/aromatic N) is 2. The number of aromatic nitrogens is 2. The molecule has 0 amide bonds. The van der Waals surface area contributed by atoms with Crippen molar-refractivity contribution in [2.45, 2.75) is 37.5 Å². The van der Waals surface area contributed by atoms with Gasteiger partial charge in [0.05, 0.1) is 21.2 Å². The zero-order chi connectivity index (χ0) is 11.7. The minimum absolute atomic E-state index is 0.849. The highest BCUT2D eigenvalue weighted by atomic mass is 33.1. The highest BCUT2D eigenvalue weighted by Gasteiger charge is 2.14. The Hall–Kier alpha value is -0.880. The maximum absolute atomic E-state index is 5.10. The second-order valence-electron chi connectivity index (χ2n) is 3.47. The first-order valence-corrected chi connectivity index (χ1v) is 6.95. The van der Waals surface area contributed by atoms with E-state index >= 15 is 0 Å². The fourth-order valence-electron chi connectivity index (χ4n) is 1.27. The molecule has 2 rings (SSSR count).